The molecule has 0 fully saturated rings. The lowest BCUT2D eigenvalue weighted by molar-refractivity contribution is 0.242. The monoisotopic (exact) mass is 360 g/mol. The first-order valence-electron chi connectivity index (χ1n) is 8.99. The number of benzene rings is 2. The summed E-state index contributed by atoms with van der Waals surface area (Å²) in [7, 11) is 0. The van der Waals surface area contributed by atoms with Crippen LogP contribution in [0, 0.1) is 11.3 Å². The molecule has 1 atom stereocenters. The van der Waals surface area contributed by atoms with E-state index in [1.807, 2.05) is 32.0 Å². The van der Waals surface area contributed by atoms with Crippen LogP contribution in [0.1, 0.15) is 43.0 Å². The molecule has 0 bridgehead atoms. The maximum atomic E-state index is 9.30. The Morgan fingerprint density at radius 2 is 2.15 bits per heavy atom. The first-order valence-corrected chi connectivity index (χ1v) is 8.99. The van der Waals surface area contributed by atoms with Crippen LogP contribution >= 0.6 is 0 Å². The standard InChI is InChI=1S/C21H20N4O2/c1-12(2)26-15-9-13(11-22)8-14(10-15)21-24-20(25-27-21)18-5-3-4-17-16(18)6-7-19(17)23/h3-5,8-10,12,19H,6-7,23H2,1-2H3/t19-/m0/s1. The van der Waals surface area contributed by atoms with Crippen molar-refractivity contribution in [3.05, 3.63) is 53.1 Å². The molecule has 1 aliphatic rings. The molecule has 0 saturated heterocycles. The van der Waals surface area contributed by atoms with Crippen molar-refractivity contribution in [1.82, 2.24) is 10.1 Å². The largest absolute Gasteiger partial charge is 0.491 e. The quantitative estimate of drug-likeness (QED) is 0.755. The van der Waals surface area contributed by atoms with Gasteiger partial charge in [0.25, 0.3) is 5.89 Å². The Labute approximate surface area is 157 Å². The number of nitrogens with two attached hydrogens (primary N) is 1. The molecule has 4 rings (SSSR count). The van der Waals surface area contributed by atoms with Crippen LogP contribution in [-0.2, 0) is 6.42 Å². The molecule has 3 aromatic rings. The second kappa shape index (κ2) is 6.86. The molecule has 0 saturated carbocycles. The number of fused-ring (bicyclic) bond motifs is 1. The number of hydrogen-bond donors (Lipinski definition) is 1. The van der Waals surface area contributed by atoms with Crippen LogP contribution in [0.5, 0.6) is 5.75 Å². The van der Waals surface area contributed by atoms with Crippen LogP contribution < -0.4 is 10.5 Å². The number of rotatable bonds is 4. The average molecular weight is 360 g/mol. The molecule has 6 heteroatoms. The summed E-state index contributed by atoms with van der Waals surface area (Å²) in [5.74, 6) is 1.49. The molecule has 0 amide bonds. The third kappa shape index (κ3) is 3.29. The third-order valence-electron chi connectivity index (χ3n) is 4.64. The van der Waals surface area contributed by atoms with E-state index in [4.69, 9.17) is 15.0 Å². The highest BCUT2D eigenvalue weighted by Gasteiger charge is 2.24. The summed E-state index contributed by atoms with van der Waals surface area (Å²) in [5, 5.41) is 13.5. The molecule has 2 aromatic carbocycles. The van der Waals surface area contributed by atoms with Gasteiger partial charge in [0.05, 0.1) is 17.7 Å². The fourth-order valence-electron chi connectivity index (χ4n) is 3.47. The van der Waals surface area contributed by atoms with Gasteiger partial charge >= 0.3 is 0 Å². The first kappa shape index (κ1) is 17.3. The number of nitrogens with zero attached hydrogens (tertiary/aromatic N) is 3. The minimum absolute atomic E-state index is 0.00107. The topological polar surface area (TPSA) is 98.0 Å². The summed E-state index contributed by atoms with van der Waals surface area (Å²) >= 11 is 0. The lowest BCUT2D eigenvalue weighted by atomic mass is 10.0. The van der Waals surface area contributed by atoms with Gasteiger partial charge in [0, 0.05) is 17.2 Å². The van der Waals surface area contributed by atoms with E-state index in [9.17, 15) is 5.26 Å². The van der Waals surface area contributed by atoms with E-state index in [0.29, 0.717) is 28.6 Å². The molecule has 1 aromatic heterocycles. The van der Waals surface area contributed by atoms with E-state index in [2.05, 4.69) is 22.3 Å². The minimum Gasteiger partial charge on any atom is -0.491 e. The lowest BCUT2D eigenvalue weighted by Crippen LogP contribution is -2.05. The SMILES string of the molecule is CC(C)Oc1cc(C#N)cc(-c2nc(-c3cccc4c3CC[C@@H]4N)no2)c1. The van der Waals surface area contributed by atoms with Gasteiger partial charge in [-0.25, -0.2) is 0 Å². The molecule has 0 aliphatic heterocycles. The van der Waals surface area contributed by atoms with Crippen molar-refractivity contribution in [3.8, 4) is 34.7 Å². The minimum atomic E-state index is 0.00107. The van der Waals surface area contributed by atoms with E-state index in [-0.39, 0.29) is 12.1 Å². The molecule has 1 aliphatic carbocycles. The molecular weight excluding hydrogens is 340 g/mol. The molecule has 1 heterocycles. The summed E-state index contributed by atoms with van der Waals surface area (Å²) in [6.45, 7) is 3.87. The fraction of sp³-hybridized carbons (Fsp3) is 0.286. The van der Waals surface area contributed by atoms with Gasteiger partial charge in [0.2, 0.25) is 5.82 Å². The van der Waals surface area contributed by atoms with Crippen LogP contribution in [-0.4, -0.2) is 16.2 Å². The smallest absolute Gasteiger partial charge is 0.258 e. The Hall–Kier alpha value is -3.17. The Kier molecular flexibility index (Phi) is 4.38. The summed E-state index contributed by atoms with van der Waals surface area (Å²) < 4.78 is 11.2. The second-order valence-corrected chi connectivity index (χ2v) is 6.97. The number of hydrogen-bond acceptors (Lipinski definition) is 6. The van der Waals surface area contributed by atoms with Crippen LogP contribution in [0.15, 0.2) is 40.9 Å². The van der Waals surface area contributed by atoms with Gasteiger partial charge in [-0.2, -0.15) is 10.2 Å². The van der Waals surface area contributed by atoms with Gasteiger partial charge in [0.1, 0.15) is 5.75 Å². The van der Waals surface area contributed by atoms with Crippen molar-refractivity contribution in [3.63, 3.8) is 0 Å². The number of ether oxygens (including phenoxy) is 1. The van der Waals surface area contributed by atoms with Gasteiger partial charge < -0.3 is 15.0 Å². The third-order valence-corrected chi connectivity index (χ3v) is 4.64. The Balaban J connectivity index is 1.73. The van der Waals surface area contributed by atoms with Crippen molar-refractivity contribution in [1.29, 1.82) is 5.26 Å². The molecule has 136 valence electrons. The molecule has 0 spiro atoms. The Bertz CT molecular complexity index is 1030. The molecular formula is C21H20N4O2. The molecule has 0 radical (unpaired) electrons. The van der Waals surface area contributed by atoms with Gasteiger partial charge in [-0.3, -0.25) is 0 Å². The van der Waals surface area contributed by atoms with Gasteiger partial charge in [0.15, 0.2) is 0 Å². The van der Waals surface area contributed by atoms with Gasteiger partial charge in [-0.1, -0.05) is 23.4 Å². The van der Waals surface area contributed by atoms with E-state index in [0.717, 1.165) is 24.0 Å². The zero-order valence-electron chi connectivity index (χ0n) is 15.3. The van der Waals surface area contributed by atoms with Crippen molar-refractivity contribution >= 4 is 0 Å². The molecule has 27 heavy (non-hydrogen) atoms. The van der Waals surface area contributed by atoms with Crippen LogP contribution in [0.4, 0.5) is 0 Å². The number of nitriles is 1. The van der Waals surface area contributed by atoms with Crippen molar-refractivity contribution in [2.75, 3.05) is 0 Å². The normalized spacial score (nSPS) is 15.6. The number of aromatic nitrogens is 2. The van der Waals surface area contributed by atoms with Crippen LogP contribution in [0.2, 0.25) is 0 Å². The van der Waals surface area contributed by atoms with E-state index < -0.39 is 0 Å². The summed E-state index contributed by atoms with van der Waals surface area (Å²) in [6.07, 6.45) is 1.84. The van der Waals surface area contributed by atoms with Gasteiger partial charge in [-0.15, -0.1) is 0 Å². The summed E-state index contributed by atoms with van der Waals surface area (Å²) in [4.78, 5) is 4.57. The maximum Gasteiger partial charge on any atom is 0.258 e. The van der Waals surface area contributed by atoms with E-state index >= 15 is 0 Å². The van der Waals surface area contributed by atoms with Crippen LogP contribution in [0.3, 0.4) is 0 Å². The lowest BCUT2D eigenvalue weighted by Gasteiger charge is -2.10. The van der Waals surface area contributed by atoms with Crippen molar-refractivity contribution in [2.24, 2.45) is 5.73 Å². The Morgan fingerprint density at radius 3 is 2.93 bits per heavy atom. The summed E-state index contributed by atoms with van der Waals surface area (Å²) in [5.41, 5.74) is 10.6. The fourth-order valence-corrected chi connectivity index (χ4v) is 3.47. The highest BCUT2D eigenvalue weighted by molar-refractivity contribution is 5.67. The average Bonchev–Trinajstić information content (AvgIpc) is 3.28. The predicted octanol–water partition coefficient (Wildman–Crippen LogP) is 4.01. The predicted molar refractivity (Wildman–Crippen MR) is 101 cm³/mol. The molecule has 0 unspecified atom stereocenters. The zero-order chi connectivity index (χ0) is 19.0. The summed E-state index contributed by atoms with van der Waals surface area (Å²) in [6, 6.07) is 13.5. The molecule has 6 nitrogen and oxygen atoms in total. The van der Waals surface area contributed by atoms with Crippen molar-refractivity contribution < 1.29 is 9.26 Å². The zero-order valence-corrected chi connectivity index (χ0v) is 15.3. The van der Waals surface area contributed by atoms with Crippen molar-refractivity contribution in [2.45, 2.75) is 38.8 Å². The van der Waals surface area contributed by atoms with Crippen LogP contribution in [0.25, 0.3) is 22.8 Å². The molecule has 2 N–H and O–H groups in total. The Morgan fingerprint density at radius 1 is 1.30 bits per heavy atom. The van der Waals surface area contributed by atoms with E-state index in [1.54, 1.807) is 12.1 Å². The second-order valence-electron chi connectivity index (χ2n) is 6.97. The highest BCUT2D eigenvalue weighted by Crippen LogP contribution is 2.36. The van der Waals surface area contributed by atoms with E-state index in [1.165, 1.54) is 5.56 Å². The van der Waals surface area contributed by atoms with Gasteiger partial charge in [-0.05, 0) is 56.0 Å². The maximum absolute atomic E-state index is 9.30. The highest BCUT2D eigenvalue weighted by atomic mass is 16.5. The first-order chi connectivity index (χ1) is 13.0.